The van der Waals surface area contributed by atoms with Gasteiger partial charge in [-0.3, -0.25) is 0 Å². The van der Waals surface area contributed by atoms with Gasteiger partial charge in [-0.25, -0.2) is 0 Å². The lowest BCUT2D eigenvalue weighted by molar-refractivity contribution is -0.0900. The van der Waals surface area contributed by atoms with Gasteiger partial charge < -0.3 is 10.2 Å². The van der Waals surface area contributed by atoms with Gasteiger partial charge >= 0.3 is 0 Å². The first kappa shape index (κ1) is 8.03. The van der Waals surface area contributed by atoms with Crippen LogP contribution < -0.4 is 0 Å². The lowest BCUT2D eigenvalue weighted by Gasteiger charge is -2.62. The SMILES string of the molecule is CC12CC3c4c(O)ccc(O)c4C(C1)C32. The van der Waals surface area contributed by atoms with Gasteiger partial charge in [0.15, 0.2) is 0 Å². The Morgan fingerprint density at radius 2 is 1.53 bits per heavy atom. The average molecular weight is 202 g/mol. The van der Waals surface area contributed by atoms with Crippen molar-refractivity contribution in [2.45, 2.75) is 31.6 Å². The van der Waals surface area contributed by atoms with E-state index >= 15 is 0 Å². The maximum absolute atomic E-state index is 9.89. The number of benzene rings is 1. The van der Waals surface area contributed by atoms with Gasteiger partial charge in [-0.2, -0.15) is 0 Å². The van der Waals surface area contributed by atoms with Crippen LogP contribution in [-0.4, -0.2) is 10.2 Å². The first-order valence-corrected chi connectivity index (χ1v) is 5.66. The first-order valence-electron chi connectivity index (χ1n) is 5.66. The summed E-state index contributed by atoms with van der Waals surface area (Å²) in [7, 11) is 0. The van der Waals surface area contributed by atoms with Crippen LogP contribution in [0.5, 0.6) is 11.5 Å². The largest absolute Gasteiger partial charge is 0.508 e. The van der Waals surface area contributed by atoms with Crippen LogP contribution in [0.25, 0.3) is 0 Å². The third-order valence-corrected chi connectivity index (χ3v) is 5.03. The summed E-state index contributed by atoms with van der Waals surface area (Å²) >= 11 is 0. The molecular weight excluding hydrogens is 188 g/mol. The minimum Gasteiger partial charge on any atom is -0.508 e. The van der Waals surface area contributed by atoms with E-state index in [1.807, 2.05) is 0 Å². The lowest BCUT2D eigenvalue weighted by atomic mass is 9.42. The van der Waals surface area contributed by atoms with E-state index in [9.17, 15) is 10.2 Å². The van der Waals surface area contributed by atoms with Crippen molar-refractivity contribution in [2.24, 2.45) is 11.3 Å². The highest BCUT2D eigenvalue weighted by Crippen LogP contribution is 2.79. The van der Waals surface area contributed by atoms with Crippen LogP contribution in [-0.2, 0) is 0 Å². The Hall–Kier alpha value is -1.18. The normalized spacial score (nSPS) is 43.9. The highest BCUT2D eigenvalue weighted by atomic mass is 16.3. The Morgan fingerprint density at radius 3 is 1.93 bits per heavy atom. The summed E-state index contributed by atoms with van der Waals surface area (Å²) in [5, 5.41) is 19.8. The number of hydrogen-bond acceptors (Lipinski definition) is 2. The Kier molecular flexibility index (Phi) is 1.08. The molecule has 2 N–H and O–H groups in total. The van der Waals surface area contributed by atoms with Crippen molar-refractivity contribution in [3.63, 3.8) is 0 Å². The minimum atomic E-state index is 0.393. The number of aromatic hydroxyl groups is 2. The molecule has 4 rings (SSSR count). The number of rotatable bonds is 0. The maximum atomic E-state index is 9.89. The molecule has 3 aliphatic rings. The van der Waals surface area contributed by atoms with Gasteiger partial charge in [0.1, 0.15) is 11.5 Å². The molecule has 0 heterocycles. The van der Waals surface area contributed by atoms with E-state index in [1.165, 1.54) is 12.8 Å². The van der Waals surface area contributed by atoms with Crippen molar-refractivity contribution >= 4 is 0 Å². The molecule has 2 heteroatoms. The fourth-order valence-corrected chi connectivity index (χ4v) is 4.50. The van der Waals surface area contributed by atoms with Crippen LogP contribution in [0, 0.1) is 11.3 Å². The molecule has 0 aromatic heterocycles. The standard InChI is InChI=1S/C13H14O2/c1-13-4-6-10-8(14)2-3-9(15)11(10)7(5-13)12(6)13/h2-3,6-7,12,14-15H,4-5H2,1H3. The number of fused-ring (bicyclic) bond motifs is 3. The quantitative estimate of drug-likeness (QED) is 0.635. The highest BCUT2D eigenvalue weighted by molar-refractivity contribution is 5.59. The van der Waals surface area contributed by atoms with Crippen LogP contribution in [0.3, 0.4) is 0 Å². The van der Waals surface area contributed by atoms with Gasteiger partial charge in [0.25, 0.3) is 0 Å². The molecule has 0 radical (unpaired) electrons. The summed E-state index contributed by atoms with van der Waals surface area (Å²) in [5.41, 5.74) is 2.62. The topological polar surface area (TPSA) is 40.5 Å². The molecule has 2 fully saturated rings. The molecule has 15 heavy (non-hydrogen) atoms. The second-order valence-corrected chi connectivity index (χ2v) is 5.73. The van der Waals surface area contributed by atoms with E-state index in [0.29, 0.717) is 34.7 Å². The summed E-state index contributed by atoms with van der Waals surface area (Å²) in [6, 6.07) is 3.27. The van der Waals surface area contributed by atoms with Gasteiger partial charge in [0, 0.05) is 11.1 Å². The molecule has 78 valence electrons. The fourth-order valence-electron chi connectivity index (χ4n) is 4.50. The summed E-state index contributed by atoms with van der Waals surface area (Å²) < 4.78 is 0. The third kappa shape index (κ3) is 0.656. The predicted molar refractivity (Wildman–Crippen MR) is 56.1 cm³/mol. The van der Waals surface area contributed by atoms with Crippen molar-refractivity contribution in [3.05, 3.63) is 23.3 Å². The van der Waals surface area contributed by atoms with Crippen molar-refractivity contribution in [2.75, 3.05) is 0 Å². The smallest absolute Gasteiger partial charge is 0.119 e. The molecule has 0 spiro atoms. The third-order valence-electron chi connectivity index (χ3n) is 5.03. The number of phenolic OH excluding ortho intramolecular Hbond substituents is 2. The molecule has 1 aromatic rings. The van der Waals surface area contributed by atoms with E-state index in [4.69, 9.17) is 0 Å². The molecule has 0 saturated heterocycles. The highest BCUT2D eigenvalue weighted by Gasteiger charge is 2.68. The first-order chi connectivity index (χ1) is 7.12. The fraction of sp³-hybridized carbons (Fsp3) is 0.538. The summed E-state index contributed by atoms with van der Waals surface area (Å²) in [5.74, 6) is 2.53. The minimum absolute atomic E-state index is 0.393. The molecule has 2 nitrogen and oxygen atoms in total. The van der Waals surface area contributed by atoms with Crippen LogP contribution in [0.15, 0.2) is 12.1 Å². The van der Waals surface area contributed by atoms with Crippen molar-refractivity contribution in [1.29, 1.82) is 0 Å². The molecule has 2 saturated carbocycles. The van der Waals surface area contributed by atoms with E-state index in [2.05, 4.69) is 6.92 Å². The van der Waals surface area contributed by atoms with Crippen LogP contribution in [0.4, 0.5) is 0 Å². The van der Waals surface area contributed by atoms with E-state index in [1.54, 1.807) is 12.1 Å². The van der Waals surface area contributed by atoms with Crippen LogP contribution in [0.1, 0.15) is 42.7 Å². The van der Waals surface area contributed by atoms with E-state index in [0.717, 1.165) is 11.1 Å². The summed E-state index contributed by atoms with van der Waals surface area (Å²) in [6.07, 6.45) is 2.39. The molecule has 0 bridgehead atoms. The zero-order valence-corrected chi connectivity index (χ0v) is 8.70. The number of hydrogen-bond donors (Lipinski definition) is 2. The second kappa shape index (κ2) is 2.01. The molecule has 0 aliphatic heterocycles. The molecular formula is C13H14O2. The average Bonchev–Trinajstić information content (AvgIpc) is 2.29. The Labute approximate surface area is 88.6 Å². The van der Waals surface area contributed by atoms with Crippen LogP contribution in [0.2, 0.25) is 0 Å². The second-order valence-electron chi connectivity index (χ2n) is 5.73. The maximum Gasteiger partial charge on any atom is 0.119 e. The summed E-state index contributed by atoms with van der Waals surface area (Å²) in [6.45, 7) is 2.34. The van der Waals surface area contributed by atoms with E-state index in [-0.39, 0.29) is 0 Å². The van der Waals surface area contributed by atoms with Crippen molar-refractivity contribution < 1.29 is 10.2 Å². The Balaban J connectivity index is 1.97. The van der Waals surface area contributed by atoms with Gasteiger partial charge in [0.05, 0.1) is 0 Å². The van der Waals surface area contributed by atoms with E-state index < -0.39 is 0 Å². The number of phenols is 2. The zero-order chi connectivity index (χ0) is 10.4. The molecule has 2 unspecified atom stereocenters. The Bertz CT molecular complexity index is 439. The monoisotopic (exact) mass is 202 g/mol. The zero-order valence-electron chi connectivity index (χ0n) is 8.70. The lowest BCUT2D eigenvalue weighted by Crippen LogP contribution is -2.53. The van der Waals surface area contributed by atoms with Gasteiger partial charge in [0.2, 0.25) is 0 Å². The molecule has 3 aliphatic carbocycles. The van der Waals surface area contributed by atoms with Gasteiger partial charge in [-0.05, 0) is 48.1 Å². The molecule has 2 atom stereocenters. The van der Waals surface area contributed by atoms with Gasteiger partial charge in [-0.15, -0.1) is 0 Å². The predicted octanol–water partition coefficient (Wildman–Crippen LogP) is 2.71. The van der Waals surface area contributed by atoms with Gasteiger partial charge in [-0.1, -0.05) is 6.92 Å². The van der Waals surface area contributed by atoms with Crippen molar-refractivity contribution in [1.82, 2.24) is 0 Å². The molecule has 1 aromatic carbocycles. The van der Waals surface area contributed by atoms with Crippen LogP contribution >= 0.6 is 0 Å². The summed E-state index contributed by atoms with van der Waals surface area (Å²) in [4.78, 5) is 0. The van der Waals surface area contributed by atoms with Crippen molar-refractivity contribution in [3.8, 4) is 11.5 Å². The molecule has 0 amide bonds. The Morgan fingerprint density at radius 1 is 1.07 bits per heavy atom.